The van der Waals surface area contributed by atoms with Gasteiger partial charge in [-0.2, -0.15) is 10.4 Å². The van der Waals surface area contributed by atoms with Crippen molar-refractivity contribution in [3.8, 4) is 11.8 Å². The van der Waals surface area contributed by atoms with E-state index in [1.807, 2.05) is 19.3 Å². The third-order valence-corrected chi connectivity index (χ3v) is 2.95. The fourth-order valence-electron chi connectivity index (χ4n) is 1.80. The molecule has 0 aliphatic carbocycles. The average Bonchev–Trinajstić information content (AvgIpc) is 2.90. The summed E-state index contributed by atoms with van der Waals surface area (Å²) in [5.74, 6) is 0.445. The Morgan fingerprint density at radius 2 is 2.14 bits per heavy atom. The number of aromatic nitrogens is 2. The van der Waals surface area contributed by atoms with Gasteiger partial charge in [-0.25, -0.2) is 0 Å². The second-order valence-corrected chi connectivity index (χ2v) is 4.70. The zero-order valence-electron chi connectivity index (χ0n) is 12.0. The molecule has 0 saturated carbocycles. The molecule has 21 heavy (non-hydrogen) atoms. The van der Waals surface area contributed by atoms with Gasteiger partial charge in [0.05, 0.1) is 17.8 Å². The van der Waals surface area contributed by atoms with Crippen molar-refractivity contribution >= 4 is 5.91 Å². The van der Waals surface area contributed by atoms with Crippen LogP contribution in [0.1, 0.15) is 11.1 Å². The number of hydrogen-bond donors (Lipinski definition) is 0. The molecule has 2 aromatic rings. The first-order valence-corrected chi connectivity index (χ1v) is 6.43. The third kappa shape index (κ3) is 4.08. The number of aryl methyl sites for hydroxylation is 1. The summed E-state index contributed by atoms with van der Waals surface area (Å²) in [5, 5.41) is 12.8. The predicted octanol–water partition coefficient (Wildman–Crippen LogP) is 1.33. The van der Waals surface area contributed by atoms with E-state index in [2.05, 4.69) is 5.10 Å². The van der Waals surface area contributed by atoms with Crippen molar-refractivity contribution in [2.45, 2.75) is 6.54 Å². The molecule has 6 nitrogen and oxygen atoms in total. The van der Waals surface area contributed by atoms with Crippen molar-refractivity contribution in [3.63, 3.8) is 0 Å². The fourth-order valence-corrected chi connectivity index (χ4v) is 1.80. The normalized spacial score (nSPS) is 9.95. The standard InChI is InChI=1S/C15H16N4O2/c1-18(9-13-8-17-19(2)10-13)15(20)11-21-14-5-3-12(7-16)4-6-14/h3-6,8,10H,9,11H2,1-2H3. The van der Waals surface area contributed by atoms with Crippen molar-refractivity contribution in [2.24, 2.45) is 7.05 Å². The lowest BCUT2D eigenvalue weighted by Gasteiger charge is -2.16. The first-order valence-electron chi connectivity index (χ1n) is 6.43. The average molecular weight is 284 g/mol. The minimum atomic E-state index is -0.122. The number of likely N-dealkylation sites (N-methyl/N-ethyl adjacent to an activating group) is 1. The smallest absolute Gasteiger partial charge is 0.260 e. The number of nitrogens with zero attached hydrogens (tertiary/aromatic N) is 4. The van der Waals surface area contributed by atoms with Crippen molar-refractivity contribution < 1.29 is 9.53 Å². The summed E-state index contributed by atoms with van der Waals surface area (Å²) in [6, 6.07) is 8.68. The summed E-state index contributed by atoms with van der Waals surface area (Å²) in [6.45, 7) is 0.450. The SMILES string of the molecule is CN(Cc1cnn(C)c1)C(=O)COc1ccc(C#N)cc1. The molecular weight excluding hydrogens is 268 g/mol. The Labute approximate surface area is 123 Å². The molecule has 0 fully saturated rings. The van der Waals surface area contributed by atoms with Crippen LogP contribution in [0.4, 0.5) is 0 Å². The van der Waals surface area contributed by atoms with E-state index in [-0.39, 0.29) is 12.5 Å². The number of hydrogen-bond acceptors (Lipinski definition) is 4. The maximum Gasteiger partial charge on any atom is 0.260 e. The van der Waals surface area contributed by atoms with Gasteiger partial charge in [-0.3, -0.25) is 9.48 Å². The van der Waals surface area contributed by atoms with E-state index in [0.29, 0.717) is 17.9 Å². The molecule has 1 aromatic carbocycles. The molecule has 1 heterocycles. The van der Waals surface area contributed by atoms with Gasteiger partial charge in [-0.05, 0) is 24.3 Å². The highest BCUT2D eigenvalue weighted by Crippen LogP contribution is 2.11. The van der Waals surface area contributed by atoms with Gasteiger partial charge in [0, 0.05) is 32.4 Å². The highest BCUT2D eigenvalue weighted by molar-refractivity contribution is 5.77. The Bertz CT molecular complexity index is 655. The Morgan fingerprint density at radius 3 is 2.71 bits per heavy atom. The summed E-state index contributed by atoms with van der Waals surface area (Å²) in [5.41, 5.74) is 1.52. The molecule has 1 aromatic heterocycles. The number of amides is 1. The minimum absolute atomic E-state index is 0.0390. The van der Waals surface area contributed by atoms with E-state index >= 15 is 0 Å². The van der Waals surface area contributed by atoms with Crippen LogP contribution in [0.3, 0.4) is 0 Å². The minimum Gasteiger partial charge on any atom is -0.484 e. The number of benzene rings is 1. The first-order chi connectivity index (χ1) is 10.1. The van der Waals surface area contributed by atoms with Gasteiger partial charge in [-0.15, -0.1) is 0 Å². The zero-order chi connectivity index (χ0) is 15.2. The van der Waals surface area contributed by atoms with E-state index in [4.69, 9.17) is 10.00 Å². The van der Waals surface area contributed by atoms with Gasteiger partial charge in [0.25, 0.3) is 5.91 Å². The molecule has 0 aliphatic rings. The largest absolute Gasteiger partial charge is 0.484 e. The Balaban J connectivity index is 1.84. The van der Waals surface area contributed by atoms with Crippen LogP contribution in [0.15, 0.2) is 36.7 Å². The highest BCUT2D eigenvalue weighted by Gasteiger charge is 2.11. The van der Waals surface area contributed by atoms with E-state index in [9.17, 15) is 4.79 Å². The van der Waals surface area contributed by atoms with Gasteiger partial charge in [-0.1, -0.05) is 0 Å². The van der Waals surface area contributed by atoms with Crippen molar-refractivity contribution in [2.75, 3.05) is 13.7 Å². The quantitative estimate of drug-likeness (QED) is 0.830. The molecule has 0 aliphatic heterocycles. The van der Waals surface area contributed by atoms with Crippen LogP contribution in [0, 0.1) is 11.3 Å². The number of rotatable bonds is 5. The van der Waals surface area contributed by atoms with E-state index in [1.165, 1.54) is 0 Å². The molecule has 0 saturated heterocycles. The molecule has 0 spiro atoms. The third-order valence-electron chi connectivity index (χ3n) is 2.95. The maximum absolute atomic E-state index is 12.0. The zero-order valence-corrected chi connectivity index (χ0v) is 12.0. The summed E-state index contributed by atoms with van der Waals surface area (Å²) < 4.78 is 7.11. The maximum atomic E-state index is 12.0. The highest BCUT2D eigenvalue weighted by atomic mass is 16.5. The second-order valence-electron chi connectivity index (χ2n) is 4.70. The Morgan fingerprint density at radius 1 is 1.43 bits per heavy atom. The second kappa shape index (κ2) is 6.57. The monoisotopic (exact) mass is 284 g/mol. The van der Waals surface area contributed by atoms with Crippen molar-refractivity contribution in [3.05, 3.63) is 47.8 Å². The van der Waals surface area contributed by atoms with Crippen LogP contribution in [0.2, 0.25) is 0 Å². The summed E-state index contributed by atoms with van der Waals surface area (Å²) in [7, 11) is 3.55. The lowest BCUT2D eigenvalue weighted by molar-refractivity contribution is -0.132. The molecule has 0 bridgehead atoms. The van der Waals surface area contributed by atoms with E-state index < -0.39 is 0 Å². The molecule has 2 rings (SSSR count). The predicted molar refractivity (Wildman–Crippen MR) is 76.3 cm³/mol. The van der Waals surface area contributed by atoms with Crippen LogP contribution in [-0.4, -0.2) is 34.2 Å². The number of ether oxygens (including phenoxy) is 1. The van der Waals surface area contributed by atoms with Crippen LogP contribution in [0.25, 0.3) is 0 Å². The van der Waals surface area contributed by atoms with Crippen LogP contribution < -0.4 is 4.74 Å². The van der Waals surface area contributed by atoms with Gasteiger partial charge in [0.1, 0.15) is 5.75 Å². The van der Waals surface area contributed by atoms with E-state index in [0.717, 1.165) is 5.56 Å². The summed E-state index contributed by atoms with van der Waals surface area (Å²) >= 11 is 0. The van der Waals surface area contributed by atoms with Gasteiger partial charge < -0.3 is 9.64 Å². The van der Waals surface area contributed by atoms with Crippen molar-refractivity contribution in [1.82, 2.24) is 14.7 Å². The number of carbonyl (C=O) groups is 1. The molecule has 0 N–H and O–H groups in total. The molecule has 0 radical (unpaired) electrons. The molecular formula is C15H16N4O2. The Kier molecular flexibility index (Phi) is 4.57. The summed E-state index contributed by atoms with van der Waals surface area (Å²) in [4.78, 5) is 13.6. The van der Waals surface area contributed by atoms with Crippen LogP contribution in [-0.2, 0) is 18.4 Å². The molecule has 6 heteroatoms. The summed E-state index contributed by atoms with van der Waals surface area (Å²) in [6.07, 6.45) is 3.59. The van der Waals surface area contributed by atoms with E-state index in [1.54, 1.807) is 47.1 Å². The molecule has 0 unspecified atom stereocenters. The molecule has 108 valence electrons. The number of carbonyl (C=O) groups excluding carboxylic acids is 1. The topological polar surface area (TPSA) is 71.2 Å². The molecule has 1 amide bonds. The van der Waals surface area contributed by atoms with Crippen LogP contribution in [0.5, 0.6) is 5.75 Å². The van der Waals surface area contributed by atoms with Gasteiger partial charge in [0.15, 0.2) is 6.61 Å². The lowest BCUT2D eigenvalue weighted by atomic mass is 10.2. The lowest BCUT2D eigenvalue weighted by Crippen LogP contribution is -2.30. The van der Waals surface area contributed by atoms with Gasteiger partial charge in [0.2, 0.25) is 0 Å². The van der Waals surface area contributed by atoms with Crippen LogP contribution >= 0.6 is 0 Å². The first kappa shape index (κ1) is 14.6. The Hall–Kier alpha value is -2.81. The molecule has 0 atom stereocenters. The van der Waals surface area contributed by atoms with Crippen molar-refractivity contribution in [1.29, 1.82) is 5.26 Å². The van der Waals surface area contributed by atoms with Gasteiger partial charge >= 0.3 is 0 Å². The fraction of sp³-hybridized carbons (Fsp3) is 0.267. The number of nitriles is 1.